The van der Waals surface area contributed by atoms with Crippen molar-refractivity contribution >= 4 is 11.6 Å². The Bertz CT molecular complexity index is 641. The molecule has 1 aromatic heterocycles. The van der Waals surface area contributed by atoms with Gasteiger partial charge in [0.15, 0.2) is 5.82 Å². The maximum atomic E-state index is 13.3. The first-order chi connectivity index (χ1) is 9.85. The molecular formula is C13H8F4N2O2. The van der Waals surface area contributed by atoms with Gasteiger partial charge in [-0.3, -0.25) is 9.78 Å². The van der Waals surface area contributed by atoms with Gasteiger partial charge in [-0.05, 0) is 30.3 Å². The molecule has 0 aliphatic rings. The molecule has 0 bridgehead atoms. The summed E-state index contributed by atoms with van der Waals surface area (Å²) < 4.78 is 52.9. The number of amides is 1. The van der Waals surface area contributed by atoms with E-state index in [0.717, 1.165) is 18.3 Å². The lowest BCUT2D eigenvalue weighted by Crippen LogP contribution is -2.17. The van der Waals surface area contributed by atoms with Crippen LogP contribution in [0.15, 0.2) is 42.7 Å². The van der Waals surface area contributed by atoms with Gasteiger partial charge in [0.2, 0.25) is 0 Å². The Labute approximate surface area is 116 Å². The van der Waals surface area contributed by atoms with E-state index in [0.29, 0.717) is 0 Å². The van der Waals surface area contributed by atoms with Crippen LogP contribution in [0.2, 0.25) is 0 Å². The molecule has 0 aliphatic carbocycles. The van der Waals surface area contributed by atoms with Crippen LogP contribution in [0.3, 0.4) is 0 Å². The second-order valence-electron chi connectivity index (χ2n) is 3.88. The minimum Gasteiger partial charge on any atom is -0.406 e. The number of carbonyl (C=O) groups is 1. The Kier molecular flexibility index (Phi) is 4.06. The standard InChI is InChI=1S/C13H8F4N2O2/c14-11-7-18-6-5-10(11)12(20)19-8-1-3-9(4-2-8)21-13(15,16)17/h1-7H,(H,19,20). The Morgan fingerprint density at radius 2 is 1.81 bits per heavy atom. The molecule has 1 aromatic carbocycles. The van der Waals surface area contributed by atoms with Crippen LogP contribution in [0.4, 0.5) is 23.2 Å². The number of hydrogen-bond donors (Lipinski definition) is 1. The van der Waals surface area contributed by atoms with Crippen LogP contribution in [0.5, 0.6) is 5.75 Å². The molecule has 0 fully saturated rings. The summed E-state index contributed by atoms with van der Waals surface area (Å²) in [6, 6.07) is 5.67. The van der Waals surface area contributed by atoms with E-state index in [-0.39, 0.29) is 11.3 Å². The fraction of sp³-hybridized carbons (Fsp3) is 0.0769. The summed E-state index contributed by atoms with van der Waals surface area (Å²) in [6.07, 6.45) is -2.65. The van der Waals surface area contributed by atoms with Crippen LogP contribution in [0.25, 0.3) is 0 Å². The normalized spacial score (nSPS) is 11.0. The maximum absolute atomic E-state index is 13.3. The third-order valence-corrected chi connectivity index (χ3v) is 2.36. The maximum Gasteiger partial charge on any atom is 0.573 e. The number of nitrogens with one attached hydrogen (secondary N) is 1. The Balaban J connectivity index is 2.07. The van der Waals surface area contributed by atoms with Crippen LogP contribution < -0.4 is 10.1 Å². The van der Waals surface area contributed by atoms with Gasteiger partial charge >= 0.3 is 6.36 Å². The van der Waals surface area contributed by atoms with Gasteiger partial charge in [0.25, 0.3) is 5.91 Å². The van der Waals surface area contributed by atoms with Crippen molar-refractivity contribution in [3.8, 4) is 5.75 Å². The van der Waals surface area contributed by atoms with Crippen LogP contribution >= 0.6 is 0 Å². The van der Waals surface area contributed by atoms with E-state index in [1.807, 2.05) is 0 Å². The molecule has 0 saturated heterocycles. The second kappa shape index (κ2) is 5.78. The van der Waals surface area contributed by atoms with E-state index in [4.69, 9.17) is 0 Å². The molecule has 0 radical (unpaired) electrons. The van der Waals surface area contributed by atoms with Gasteiger partial charge in [-0.1, -0.05) is 0 Å². The summed E-state index contributed by atoms with van der Waals surface area (Å²) >= 11 is 0. The van der Waals surface area contributed by atoms with Crippen molar-refractivity contribution in [2.24, 2.45) is 0 Å². The molecule has 1 N–H and O–H groups in total. The number of rotatable bonds is 3. The summed E-state index contributed by atoms with van der Waals surface area (Å²) in [5, 5.41) is 2.35. The Hall–Kier alpha value is -2.64. The molecule has 0 unspecified atom stereocenters. The molecule has 0 saturated carbocycles. The Morgan fingerprint density at radius 1 is 1.14 bits per heavy atom. The van der Waals surface area contributed by atoms with Gasteiger partial charge in [0.05, 0.1) is 11.8 Å². The third-order valence-electron chi connectivity index (χ3n) is 2.36. The second-order valence-corrected chi connectivity index (χ2v) is 3.88. The summed E-state index contributed by atoms with van der Waals surface area (Å²) in [5.41, 5.74) is -0.0219. The molecule has 21 heavy (non-hydrogen) atoms. The monoisotopic (exact) mass is 300 g/mol. The molecule has 1 amide bonds. The smallest absolute Gasteiger partial charge is 0.406 e. The van der Waals surface area contributed by atoms with Crippen molar-refractivity contribution in [1.82, 2.24) is 4.98 Å². The number of carbonyl (C=O) groups excluding carboxylic acids is 1. The minimum atomic E-state index is -4.79. The predicted octanol–water partition coefficient (Wildman–Crippen LogP) is 3.37. The molecule has 1 heterocycles. The van der Waals surface area contributed by atoms with Gasteiger partial charge in [0, 0.05) is 11.9 Å². The quantitative estimate of drug-likeness (QED) is 0.884. The SMILES string of the molecule is O=C(Nc1ccc(OC(F)(F)F)cc1)c1ccncc1F. The zero-order valence-electron chi connectivity index (χ0n) is 10.3. The van der Waals surface area contributed by atoms with Crippen molar-refractivity contribution in [3.05, 3.63) is 54.1 Å². The lowest BCUT2D eigenvalue weighted by molar-refractivity contribution is -0.274. The average Bonchev–Trinajstić information content (AvgIpc) is 2.40. The zero-order valence-corrected chi connectivity index (χ0v) is 10.3. The lowest BCUT2D eigenvalue weighted by atomic mass is 10.2. The number of pyridine rings is 1. The highest BCUT2D eigenvalue weighted by Crippen LogP contribution is 2.24. The molecule has 0 atom stereocenters. The number of alkyl halides is 3. The average molecular weight is 300 g/mol. The number of anilines is 1. The predicted molar refractivity (Wildman–Crippen MR) is 65.3 cm³/mol. The number of ether oxygens (including phenoxy) is 1. The number of aromatic nitrogens is 1. The van der Waals surface area contributed by atoms with Gasteiger partial charge in [-0.25, -0.2) is 4.39 Å². The van der Waals surface area contributed by atoms with Crippen LogP contribution in [0, 0.1) is 5.82 Å². The first kappa shape index (κ1) is 14.8. The van der Waals surface area contributed by atoms with Gasteiger partial charge < -0.3 is 10.1 Å². The fourth-order valence-electron chi connectivity index (χ4n) is 1.50. The van der Waals surface area contributed by atoms with Crippen LogP contribution in [0.1, 0.15) is 10.4 Å². The summed E-state index contributed by atoms with van der Waals surface area (Å²) in [4.78, 5) is 15.3. The van der Waals surface area contributed by atoms with E-state index in [1.165, 1.54) is 24.4 Å². The molecule has 0 spiro atoms. The number of halogens is 4. The number of hydrogen-bond acceptors (Lipinski definition) is 3. The Morgan fingerprint density at radius 3 is 2.38 bits per heavy atom. The summed E-state index contributed by atoms with van der Waals surface area (Å²) in [5.74, 6) is -1.96. The largest absolute Gasteiger partial charge is 0.573 e. The van der Waals surface area contributed by atoms with Crippen LogP contribution in [-0.2, 0) is 0 Å². The summed E-state index contributed by atoms with van der Waals surface area (Å²) in [6.45, 7) is 0. The van der Waals surface area contributed by atoms with E-state index in [2.05, 4.69) is 15.0 Å². The fourth-order valence-corrected chi connectivity index (χ4v) is 1.50. The number of nitrogens with zero attached hydrogens (tertiary/aromatic N) is 1. The van der Waals surface area contributed by atoms with Crippen LogP contribution in [-0.4, -0.2) is 17.3 Å². The van der Waals surface area contributed by atoms with Crippen molar-refractivity contribution < 1.29 is 27.1 Å². The van der Waals surface area contributed by atoms with E-state index in [9.17, 15) is 22.4 Å². The van der Waals surface area contributed by atoms with Gasteiger partial charge in [0.1, 0.15) is 5.75 Å². The van der Waals surface area contributed by atoms with Crippen molar-refractivity contribution in [3.63, 3.8) is 0 Å². The summed E-state index contributed by atoms with van der Waals surface area (Å²) in [7, 11) is 0. The first-order valence-corrected chi connectivity index (χ1v) is 5.62. The highest BCUT2D eigenvalue weighted by molar-refractivity contribution is 6.04. The van der Waals surface area contributed by atoms with Crippen molar-refractivity contribution in [1.29, 1.82) is 0 Å². The molecule has 8 heteroatoms. The topological polar surface area (TPSA) is 51.2 Å². The molecule has 2 aromatic rings. The molecule has 2 rings (SSSR count). The lowest BCUT2D eigenvalue weighted by Gasteiger charge is -2.10. The minimum absolute atomic E-state index is 0.200. The molecule has 4 nitrogen and oxygen atoms in total. The highest BCUT2D eigenvalue weighted by atomic mass is 19.4. The highest BCUT2D eigenvalue weighted by Gasteiger charge is 2.30. The van der Waals surface area contributed by atoms with E-state index < -0.39 is 23.8 Å². The molecular weight excluding hydrogens is 292 g/mol. The molecule has 0 aliphatic heterocycles. The zero-order chi connectivity index (χ0) is 15.5. The van der Waals surface area contributed by atoms with Gasteiger partial charge in [-0.15, -0.1) is 13.2 Å². The van der Waals surface area contributed by atoms with Crippen molar-refractivity contribution in [2.45, 2.75) is 6.36 Å². The van der Waals surface area contributed by atoms with E-state index in [1.54, 1.807) is 0 Å². The number of benzene rings is 1. The van der Waals surface area contributed by atoms with Crippen molar-refractivity contribution in [2.75, 3.05) is 5.32 Å². The molecule has 110 valence electrons. The first-order valence-electron chi connectivity index (χ1n) is 5.62. The third kappa shape index (κ3) is 4.16. The van der Waals surface area contributed by atoms with E-state index >= 15 is 0 Å². The van der Waals surface area contributed by atoms with Gasteiger partial charge in [-0.2, -0.15) is 0 Å².